The lowest BCUT2D eigenvalue weighted by atomic mass is 10.1. The summed E-state index contributed by atoms with van der Waals surface area (Å²) < 4.78 is 29.1. The van der Waals surface area contributed by atoms with Crippen LogP contribution in [0.4, 0.5) is 5.69 Å². The third-order valence-electron chi connectivity index (χ3n) is 5.73. The van der Waals surface area contributed by atoms with E-state index >= 15 is 0 Å². The van der Waals surface area contributed by atoms with Crippen molar-refractivity contribution < 1.29 is 17.0 Å². The number of hydrogen-bond donors (Lipinski definition) is 1. The Morgan fingerprint density at radius 3 is 2.26 bits per heavy atom. The predicted molar refractivity (Wildman–Crippen MR) is 136 cm³/mol. The van der Waals surface area contributed by atoms with E-state index in [1.165, 1.54) is 10.3 Å². The molecule has 0 aliphatic carbocycles. The van der Waals surface area contributed by atoms with E-state index in [1.54, 1.807) is 12.2 Å². The van der Waals surface area contributed by atoms with Gasteiger partial charge in [-0.3, -0.25) is 0 Å². The van der Waals surface area contributed by atoms with Gasteiger partial charge in [0.2, 0.25) is 11.1 Å². The van der Waals surface area contributed by atoms with Crippen molar-refractivity contribution in [1.29, 1.82) is 0 Å². The Morgan fingerprint density at radius 2 is 1.53 bits per heavy atom. The van der Waals surface area contributed by atoms with Crippen molar-refractivity contribution in [1.82, 2.24) is 0 Å². The molecule has 0 saturated heterocycles. The van der Waals surface area contributed by atoms with Crippen LogP contribution in [0.1, 0.15) is 12.8 Å². The number of H-pyrrole nitrogens is 1. The van der Waals surface area contributed by atoms with Gasteiger partial charge >= 0.3 is 7.30 Å². The largest absolute Gasteiger partial charge is 0.458 e. The highest BCUT2D eigenvalue weighted by Crippen LogP contribution is 2.37. The van der Waals surface area contributed by atoms with Crippen molar-refractivity contribution in [2.24, 2.45) is 0 Å². The summed E-state index contributed by atoms with van der Waals surface area (Å²) in [4.78, 5) is 1.29. The van der Waals surface area contributed by atoms with Crippen LogP contribution >= 0.6 is 0 Å². The van der Waals surface area contributed by atoms with Crippen LogP contribution in [0.25, 0.3) is 39.4 Å². The second kappa shape index (κ2) is 8.41. The number of ether oxygens (including phenoxy) is 1. The van der Waals surface area contributed by atoms with E-state index < -0.39 is 0 Å². The van der Waals surface area contributed by atoms with Crippen molar-refractivity contribution in [3.63, 3.8) is 0 Å². The van der Waals surface area contributed by atoms with E-state index in [0.717, 1.165) is 27.8 Å². The average molecular weight is 446 g/mol. The molecule has 1 aliphatic rings. The first-order valence-corrected chi connectivity index (χ1v) is 11.2. The molecular formula is C30H23N2O2+. The maximum Gasteiger partial charge on any atom is 0.458 e. The molecule has 0 atom stereocenters. The molecule has 4 heteroatoms. The Balaban J connectivity index is 1.29. The number of hydrogen-bond acceptors (Lipinski definition) is 3. The van der Waals surface area contributed by atoms with Crippen molar-refractivity contribution in [2.75, 3.05) is 5.31 Å². The molecule has 2 N–H and O–H groups in total. The fraction of sp³-hybridized carbons (Fsp3) is 0.0333. The fourth-order valence-corrected chi connectivity index (χ4v) is 4.06. The SMILES string of the molecule is [2H]N1C(=CC(C)=Cc2oc3ccc(-c4ccccc4)cc3[n+]2[2H])Oc2cc(-c3ccccc3)ccc21. The van der Waals surface area contributed by atoms with Gasteiger partial charge in [0.1, 0.15) is 0 Å². The third-order valence-corrected chi connectivity index (χ3v) is 5.73. The Labute approximate surface area is 200 Å². The standard InChI is InChI=1S/C30H22N2O2/c1-20(16-29-31-25-14-12-24(19-28(25)34-29)22-10-6-3-7-11-22)17-30-32-26-18-23(13-15-27(26)33-30)21-8-4-2-5-9-21/h2-19,31H,1H3/p+1/i/hD2. The maximum absolute atomic E-state index is 8.59. The van der Waals surface area contributed by atoms with Crippen LogP contribution in [0.3, 0.4) is 0 Å². The zero-order valence-corrected chi connectivity index (χ0v) is 18.6. The molecule has 0 saturated carbocycles. The molecule has 2 heterocycles. The van der Waals surface area contributed by atoms with Crippen LogP contribution in [0.2, 0.25) is 2.82 Å². The highest BCUT2D eigenvalue weighted by molar-refractivity contribution is 5.78. The zero-order valence-electron chi connectivity index (χ0n) is 20.6. The first-order chi connectivity index (χ1) is 17.6. The molecule has 34 heavy (non-hydrogen) atoms. The van der Waals surface area contributed by atoms with Gasteiger partial charge in [-0.15, -0.1) is 0 Å². The molecule has 4 nitrogen and oxygen atoms in total. The van der Waals surface area contributed by atoms with E-state index in [4.69, 9.17) is 12.0 Å². The normalized spacial score (nSPS) is 15.3. The highest BCUT2D eigenvalue weighted by atomic mass is 16.5. The number of fused-ring (bicyclic) bond motifs is 2. The van der Waals surface area contributed by atoms with Crippen LogP contribution in [-0.4, -0.2) is 0 Å². The van der Waals surface area contributed by atoms with Crippen molar-refractivity contribution in [3.8, 4) is 28.0 Å². The number of nitrogens with one attached hydrogen (secondary N) is 2. The highest BCUT2D eigenvalue weighted by Gasteiger charge is 2.18. The minimum Gasteiger partial charge on any atom is -0.439 e. The molecule has 1 aromatic heterocycles. The fourth-order valence-electron chi connectivity index (χ4n) is 4.06. The quantitative estimate of drug-likeness (QED) is 0.315. The first kappa shape index (κ1) is 17.9. The Kier molecular flexibility index (Phi) is 4.43. The molecule has 164 valence electrons. The van der Waals surface area contributed by atoms with Gasteiger partial charge in [0.15, 0.2) is 13.0 Å². The topological polar surface area (TPSA) is 48.5 Å². The number of benzene rings is 4. The number of allylic oxidation sites excluding steroid dienone is 2. The molecule has 0 unspecified atom stereocenters. The Bertz CT molecular complexity index is 1640. The smallest absolute Gasteiger partial charge is 0.439 e. The van der Waals surface area contributed by atoms with E-state index in [9.17, 15) is 0 Å². The van der Waals surface area contributed by atoms with Gasteiger partial charge in [0.05, 0.1) is 11.8 Å². The molecule has 1 aliphatic heterocycles. The maximum atomic E-state index is 8.59. The summed E-state index contributed by atoms with van der Waals surface area (Å²) in [6.45, 7) is 1.89. The number of aromatic amines is 1. The lowest BCUT2D eigenvalue weighted by Crippen LogP contribution is -2.02. The van der Waals surface area contributed by atoms with Gasteiger partial charge in [-0.1, -0.05) is 72.8 Å². The van der Waals surface area contributed by atoms with Gasteiger partial charge in [0.25, 0.3) is 0 Å². The van der Waals surface area contributed by atoms with Gasteiger partial charge in [-0.25, -0.2) is 0 Å². The van der Waals surface area contributed by atoms with Gasteiger partial charge < -0.3 is 14.5 Å². The minimum absolute atomic E-state index is 0.392. The van der Waals surface area contributed by atoms with E-state index in [-0.39, 0.29) is 0 Å². The van der Waals surface area contributed by atoms with Crippen LogP contribution in [0, 0.1) is 0 Å². The first-order valence-electron chi connectivity index (χ1n) is 12.1. The van der Waals surface area contributed by atoms with E-state index in [2.05, 4.69) is 0 Å². The van der Waals surface area contributed by atoms with Crippen LogP contribution in [0.5, 0.6) is 5.75 Å². The van der Waals surface area contributed by atoms with Gasteiger partial charge in [0, 0.05) is 12.1 Å². The summed E-state index contributed by atoms with van der Waals surface area (Å²) in [5.74, 6) is 1.42. The van der Waals surface area contributed by atoms with Crippen molar-refractivity contribution in [3.05, 3.63) is 120 Å². The number of rotatable bonds is 4. The molecule has 0 spiro atoms. The van der Waals surface area contributed by atoms with E-state index in [0.29, 0.717) is 34.3 Å². The molecule has 5 aromatic rings. The summed E-state index contributed by atoms with van der Waals surface area (Å²) in [6, 6.07) is 31.8. The van der Waals surface area contributed by atoms with Crippen molar-refractivity contribution in [2.45, 2.75) is 6.92 Å². The lowest BCUT2D eigenvalue weighted by molar-refractivity contribution is -0.357. The second-order valence-electron chi connectivity index (χ2n) is 8.23. The molecule has 0 amide bonds. The molecule has 0 fully saturated rings. The van der Waals surface area contributed by atoms with Gasteiger partial charge in [-0.2, -0.15) is 4.98 Å². The number of aromatic nitrogens is 1. The number of anilines is 1. The molecule has 0 bridgehead atoms. The van der Waals surface area contributed by atoms with Crippen LogP contribution < -0.4 is 15.0 Å². The van der Waals surface area contributed by atoms with Crippen LogP contribution in [0.15, 0.2) is 119 Å². The summed E-state index contributed by atoms with van der Waals surface area (Å²) >= 11 is 0. The number of oxazole rings is 1. The van der Waals surface area contributed by atoms with Crippen LogP contribution in [-0.2, 0) is 0 Å². The summed E-state index contributed by atoms with van der Waals surface area (Å²) in [6.07, 6.45) is 3.55. The second-order valence-corrected chi connectivity index (χ2v) is 8.23. The third kappa shape index (κ3) is 3.97. The summed E-state index contributed by atoms with van der Waals surface area (Å²) in [5, 5.41) is 1.28. The Hall–Kier alpha value is -4.57. The molecule has 0 radical (unpaired) electrons. The van der Waals surface area contributed by atoms with Crippen molar-refractivity contribution >= 4 is 22.9 Å². The zero-order chi connectivity index (χ0) is 24.6. The summed E-state index contributed by atoms with van der Waals surface area (Å²) in [7, 11) is 0. The van der Waals surface area contributed by atoms with Gasteiger partial charge in [-0.05, 0) is 52.9 Å². The predicted octanol–water partition coefficient (Wildman–Crippen LogP) is 7.33. The molecular weight excluding hydrogens is 420 g/mol. The average Bonchev–Trinajstić information content (AvgIpc) is 3.39. The minimum atomic E-state index is 0.392. The lowest BCUT2D eigenvalue weighted by Gasteiger charge is -2.03. The molecule has 6 rings (SSSR count). The monoisotopic (exact) mass is 445 g/mol. The van der Waals surface area contributed by atoms with E-state index in [1.807, 2.05) is 104 Å². The Morgan fingerprint density at radius 1 is 0.853 bits per heavy atom. The summed E-state index contributed by atoms with van der Waals surface area (Å²) in [5.41, 5.74) is 7.03. The molecule has 4 aromatic carbocycles.